The number of carbonyl (C=O) groups is 2. The molecule has 0 aliphatic rings. The van der Waals surface area contributed by atoms with E-state index >= 15 is 0 Å². The Hall–Kier alpha value is -2.96. The number of rotatable bonds is 5. The van der Waals surface area contributed by atoms with Gasteiger partial charge >= 0.3 is 12.0 Å². The first kappa shape index (κ1) is 14.4. The number of anilines is 1. The van der Waals surface area contributed by atoms with Gasteiger partial charge in [-0.2, -0.15) is 0 Å². The van der Waals surface area contributed by atoms with Gasteiger partial charge in [-0.25, -0.2) is 14.8 Å². The molecule has 0 bridgehead atoms. The van der Waals surface area contributed by atoms with Crippen LogP contribution >= 0.6 is 0 Å². The van der Waals surface area contributed by atoms with Gasteiger partial charge in [0.15, 0.2) is 0 Å². The summed E-state index contributed by atoms with van der Waals surface area (Å²) in [6.45, 7) is -0.218. The highest BCUT2D eigenvalue weighted by Crippen LogP contribution is 2.13. The quantitative estimate of drug-likeness (QED) is 0.863. The van der Waals surface area contributed by atoms with Crippen LogP contribution in [0.5, 0.6) is 0 Å². The van der Waals surface area contributed by atoms with Crippen molar-refractivity contribution in [1.82, 2.24) is 15.3 Å². The summed E-state index contributed by atoms with van der Waals surface area (Å²) >= 11 is 0. The van der Waals surface area contributed by atoms with Crippen LogP contribution in [0.4, 0.5) is 10.5 Å². The van der Waals surface area contributed by atoms with E-state index in [0.717, 1.165) is 4.90 Å². The lowest BCUT2D eigenvalue weighted by atomic mass is 10.3. The second-order valence-electron chi connectivity index (χ2n) is 4.17. The Morgan fingerprint density at radius 2 is 1.95 bits per heavy atom. The van der Waals surface area contributed by atoms with E-state index in [1.54, 1.807) is 42.6 Å². The third-order valence-corrected chi connectivity index (χ3v) is 2.67. The third kappa shape index (κ3) is 4.27. The Labute approximate surface area is 121 Å². The number of carboxylic acid groups (broad SMARTS) is 1. The van der Waals surface area contributed by atoms with Gasteiger partial charge < -0.3 is 10.4 Å². The Morgan fingerprint density at radius 3 is 2.57 bits per heavy atom. The maximum atomic E-state index is 12.2. The number of aromatic nitrogens is 2. The highest BCUT2D eigenvalue weighted by molar-refractivity contribution is 5.96. The molecule has 1 aromatic heterocycles. The summed E-state index contributed by atoms with van der Waals surface area (Å²) in [5.41, 5.74) is 1.15. The van der Waals surface area contributed by atoms with Gasteiger partial charge in [-0.15, -0.1) is 0 Å². The van der Waals surface area contributed by atoms with Gasteiger partial charge in [0.1, 0.15) is 12.9 Å². The molecule has 21 heavy (non-hydrogen) atoms. The number of urea groups is 1. The second kappa shape index (κ2) is 6.99. The summed E-state index contributed by atoms with van der Waals surface area (Å²) in [6, 6.07) is 9.79. The van der Waals surface area contributed by atoms with Crippen molar-refractivity contribution in [1.29, 1.82) is 0 Å². The van der Waals surface area contributed by atoms with Crippen molar-refractivity contribution in [2.75, 3.05) is 11.4 Å². The highest BCUT2D eigenvalue weighted by Gasteiger charge is 2.18. The molecular formula is C14H14N4O3. The Bertz CT molecular complexity index is 604. The number of nitrogens with one attached hydrogen (secondary N) is 1. The van der Waals surface area contributed by atoms with Crippen molar-refractivity contribution in [3.63, 3.8) is 0 Å². The van der Waals surface area contributed by atoms with Crippen molar-refractivity contribution in [2.45, 2.75) is 6.54 Å². The molecule has 0 spiro atoms. The molecule has 2 amide bonds. The molecule has 0 saturated heterocycles. The molecule has 108 valence electrons. The van der Waals surface area contributed by atoms with Crippen molar-refractivity contribution in [3.05, 3.63) is 54.6 Å². The molecule has 0 atom stereocenters. The number of amides is 2. The zero-order chi connectivity index (χ0) is 15.1. The van der Waals surface area contributed by atoms with Crippen molar-refractivity contribution in [3.8, 4) is 0 Å². The van der Waals surface area contributed by atoms with Crippen LogP contribution in [0.3, 0.4) is 0 Å². The summed E-state index contributed by atoms with van der Waals surface area (Å²) < 4.78 is 0. The van der Waals surface area contributed by atoms with Gasteiger partial charge in [0.05, 0.1) is 12.2 Å². The number of hydrogen-bond acceptors (Lipinski definition) is 4. The summed E-state index contributed by atoms with van der Waals surface area (Å²) in [6.07, 6.45) is 2.95. The first-order chi connectivity index (χ1) is 10.2. The van der Waals surface area contributed by atoms with Crippen LogP contribution in [0, 0.1) is 0 Å². The minimum absolute atomic E-state index is 0.199. The Kier molecular flexibility index (Phi) is 4.81. The average Bonchev–Trinajstić information content (AvgIpc) is 2.52. The van der Waals surface area contributed by atoms with E-state index in [0.29, 0.717) is 11.4 Å². The fraction of sp³-hybridized carbons (Fsp3) is 0.143. The zero-order valence-corrected chi connectivity index (χ0v) is 11.1. The van der Waals surface area contributed by atoms with Gasteiger partial charge in [0.2, 0.25) is 0 Å². The first-order valence-corrected chi connectivity index (χ1v) is 6.24. The predicted octanol–water partition coefficient (Wildman–Crippen LogP) is 1.28. The number of nitrogens with zero attached hydrogens (tertiary/aromatic N) is 3. The molecule has 7 heteroatoms. The maximum Gasteiger partial charge on any atom is 0.323 e. The molecule has 0 fully saturated rings. The number of aliphatic carboxylic acids is 1. The topological polar surface area (TPSA) is 95.4 Å². The Morgan fingerprint density at radius 1 is 1.19 bits per heavy atom. The van der Waals surface area contributed by atoms with Crippen LogP contribution in [-0.2, 0) is 11.3 Å². The van der Waals surface area contributed by atoms with Crippen LogP contribution in [-0.4, -0.2) is 33.6 Å². The normalized spacial score (nSPS) is 9.90. The number of benzene rings is 1. The highest BCUT2D eigenvalue weighted by atomic mass is 16.4. The number of para-hydroxylation sites is 1. The molecule has 0 radical (unpaired) electrons. The molecular weight excluding hydrogens is 272 g/mol. The van der Waals surface area contributed by atoms with Crippen molar-refractivity contribution in [2.24, 2.45) is 0 Å². The number of carbonyl (C=O) groups excluding carboxylic acids is 1. The van der Waals surface area contributed by atoms with E-state index in [4.69, 9.17) is 5.11 Å². The smallest absolute Gasteiger partial charge is 0.323 e. The predicted molar refractivity (Wildman–Crippen MR) is 75.7 cm³/mol. The summed E-state index contributed by atoms with van der Waals surface area (Å²) in [4.78, 5) is 32.0. The number of hydrogen-bond donors (Lipinski definition) is 2. The molecule has 0 aliphatic carbocycles. The van der Waals surface area contributed by atoms with Gasteiger partial charge in [0, 0.05) is 11.9 Å². The van der Waals surface area contributed by atoms with E-state index < -0.39 is 18.5 Å². The van der Waals surface area contributed by atoms with Crippen LogP contribution in [0.15, 0.2) is 48.9 Å². The van der Waals surface area contributed by atoms with Crippen LogP contribution in [0.1, 0.15) is 5.69 Å². The van der Waals surface area contributed by atoms with Crippen LogP contribution < -0.4 is 10.2 Å². The molecule has 1 aromatic carbocycles. The lowest BCUT2D eigenvalue weighted by Gasteiger charge is -2.21. The van der Waals surface area contributed by atoms with E-state index in [9.17, 15) is 9.59 Å². The van der Waals surface area contributed by atoms with Gasteiger partial charge in [0.25, 0.3) is 0 Å². The monoisotopic (exact) mass is 286 g/mol. The average molecular weight is 286 g/mol. The van der Waals surface area contributed by atoms with Crippen molar-refractivity contribution >= 4 is 17.7 Å². The molecule has 0 unspecified atom stereocenters. The summed E-state index contributed by atoms with van der Waals surface area (Å²) in [5.74, 6) is -1.09. The minimum atomic E-state index is -1.09. The SMILES string of the molecule is O=C(O)CN(C(=O)NCc1ccncn1)c1ccccc1. The Balaban J connectivity index is 2.06. The minimum Gasteiger partial charge on any atom is -0.480 e. The molecule has 0 saturated carbocycles. The van der Waals surface area contributed by atoms with E-state index in [2.05, 4.69) is 15.3 Å². The summed E-state index contributed by atoms with van der Waals surface area (Å²) in [5, 5.41) is 11.6. The number of carboxylic acids is 1. The van der Waals surface area contributed by atoms with E-state index in [1.165, 1.54) is 6.33 Å². The zero-order valence-electron chi connectivity index (χ0n) is 11.1. The molecule has 2 N–H and O–H groups in total. The molecule has 1 heterocycles. The third-order valence-electron chi connectivity index (χ3n) is 2.67. The lowest BCUT2D eigenvalue weighted by molar-refractivity contribution is -0.135. The largest absolute Gasteiger partial charge is 0.480 e. The molecule has 0 aliphatic heterocycles. The molecule has 2 aromatic rings. The fourth-order valence-electron chi connectivity index (χ4n) is 1.71. The maximum absolute atomic E-state index is 12.2. The first-order valence-electron chi connectivity index (χ1n) is 6.24. The standard InChI is InChI=1S/C14H14N4O3/c19-13(20)9-18(12-4-2-1-3-5-12)14(21)16-8-11-6-7-15-10-17-11/h1-7,10H,8-9H2,(H,16,21)(H,19,20). The molecule has 7 nitrogen and oxygen atoms in total. The van der Waals surface area contributed by atoms with Crippen molar-refractivity contribution < 1.29 is 14.7 Å². The van der Waals surface area contributed by atoms with Crippen LogP contribution in [0.25, 0.3) is 0 Å². The fourth-order valence-corrected chi connectivity index (χ4v) is 1.71. The van der Waals surface area contributed by atoms with E-state index in [-0.39, 0.29) is 6.54 Å². The molecule has 2 rings (SSSR count). The summed E-state index contributed by atoms with van der Waals surface area (Å²) in [7, 11) is 0. The van der Waals surface area contributed by atoms with E-state index in [1.807, 2.05) is 0 Å². The van der Waals surface area contributed by atoms with Crippen LogP contribution in [0.2, 0.25) is 0 Å². The second-order valence-corrected chi connectivity index (χ2v) is 4.17. The van der Waals surface area contributed by atoms with Gasteiger partial charge in [-0.3, -0.25) is 9.69 Å². The van der Waals surface area contributed by atoms with Gasteiger partial charge in [-0.1, -0.05) is 18.2 Å². The van der Waals surface area contributed by atoms with Gasteiger partial charge in [-0.05, 0) is 18.2 Å². The lowest BCUT2D eigenvalue weighted by Crippen LogP contribution is -2.42.